The van der Waals surface area contributed by atoms with E-state index in [-0.39, 0.29) is 6.04 Å². The predicted molar refractivity (Wildman–Crippen MR) is 74.2 cm³/mol. The van der Waals surface area contributed by atoms with Crippen molar-refractivity contribution in [3.05, 3.63) is 22.4 Å². The minimum atomic E-state index is 0.178. The molecule has 2 heterocycles. The molecule has 2 N–H and O–H groups in total. The molecule has 0 bridgehead atoms. The van der Waals surface area contributed by atoms with Crippen molar-refractivity contribution >= 4 is 23.1 Å². The predicted octanol–water partition coefficient (Wildman–Crippen LogP) is 2.57. The number of rotatable bonds is 3. The summed E-state index contributed by atoms with van der Waals surface area (Å²) < 4.78 is 0. The maximum Gasteiger partial charge on any atom is 0.0519 e. The van der Waals surface area contributed by atoms with Gasteiger partial charge in [0, 0.05) is 35.0 Å². The lowest BCUT2D eigenvalue weighted by atomic mass is 10.1. The molecule has 1 aromatic heterocycles. The molecule has 1 saturated heterocycles. The van der Waals surface area contributed by atoms with Gasteiger partial charge in [-0.15, -0.1) is 11.3 Å². The van der Waals surface area contributed by atoms with E-state index < -0.39 is 0 Å². The van der Waals surface area contributed by atoms with Gasteiger partial charge >= 0.3 is 0 Å². The van der Waals surface area contributed by atoms with Crippen LogP contribution in [0, 0.1) is 0 Å². The maximum atomic E-state index is 6.24. The van der Waals surface area contributed by atoms with Gasteiger partial charge in [0.15, 0.2) is 0 Å². The summed E-state index contributed by atoms with van der Waals surface area (Å²) >= 11 is 3.84. The first-order valence-corrected chi connectivity index (χ1v) is 7.76. The molecule has 1 fully saturated rings. The molecule has 1 aromatic rings. The summed E-state index contributed by atoms with van der Waals surface area (Å²) in [5, 5.41) is 2.83. The summed E-state index contributed by atoms with van der Waals surface area (Å²) in [7, 11) is 0. The molecule has 3 atom stereocenters. The summed E-state index contributed by atoms with van der Waals surface area (Å²) in [5.41, 5.74) is 6.24. The highest BCUT2D eigenvalue weighted by atomic mass is 32.2. The quantitative estimate of drug-likeness (QED) is 0.901. The second-order valence-electron chi connectivity index (χ2n) is 4.43. The van der Waals surface area contributed by atoms with E-state index in [0.29, 0.717) is 6.04 Å². The van der Waals surface area contributed by atoms with Gasteiger partial charge in [-0.05, 0) is 18.4 Å². The van der Waals surface area contributed by atoms with Crippen molar-refractivity contribution in [3.63, 3.8) is 0 Å². The number of nitrogens with zero attached hydrogens (tertiary/aromatic N) is 1. The molecule has 0 radical (unpaired) electrons. The third kappa shape index (κ3) is 2.80. The van der Waals surface area contributed by atoms with Crippen LogP contribution in [0.25, 0.3) is 0 Å². The van der Waals surface area contributed by atoms with Crippen LogP contribution in [0.5, 0.6) is 0 Å². The maximum absolute atomic E-state index is 6.24. The SMILES string of the molecule is CC1SCCN(CC(N)c2cccs2)C1C. The van der Waals surface area contributed by atoms with E-state index in [1.807, 2.05) is 0 Å². The van der Waals surface area contributed by atoms with Crippen molar-refractivity contribution in [2.45, 2.75) is 31.2 Å². The van der Waals surface area contributed by atoms with Crippen molar-refractivity contribution in [2.24, 2.45) is 5.73 Å². The summed E-state index contributed by atoms with van der Waals surface area (Å²) in [6, 6.07) is 5.04. The lowest BCUT2D eigenvalue weighted by Crippen LogP contribution is -2.47. The van der Waals surface area contributed by atoms with Crippen LogP contribution in [0.1, 0.15) is 24.8 Å². The first-order chi connectivity index (χ1) is 7.68. The van der Waals surface area contributed by atoms with Gasteiger partial charge in [0.1, 0.15) is 0 Å². The minimum Gasteiger partial charge on any atom is -0.322 e. The van der Waals surface area contributed by atoms with Gasteiger partial charge in [0.2, 0.25) is 0 Å². The zero-order valence-corrected chi connectivity index (χ0v) is 11.6. The highest BCUT2D eigenvalue weighted by molar-refractivity contribution is 8.00. The van der Waals surface area contributed by atoms with Crippen molar-refractivity contribution < 1.29 is 0 Å². The zero-order valence-electron chi connectivity index (χ0n) is 9.93. The average molecular weight is 256 g/mol. The Morgan fingerprint density at radius 1 is 1.56 bits per heavy atom. The van der Waals surface area contributed by atoms with E-state index in [1.165, 1.54) is 17.2 Å². The molecule has 4 heteroatoms. The molecule has 0 aromatic carbocycles. The number of nitrogens with two attached hydrogens (primary N) is 1. The van der Waals surface area contributed by atoms with Crippen LogP contribution in [0.15, 0.2) is 17.5 Å². The van der Waals surface area contributed by atoms with E-state index >= 15 is 0 Å². The van der Waals surface area contributed by atoms with E-state index in [1.54, 1.807) is 11.3 Å². The smallest absolute Gasteiger partial charge is 0.0519 e. The van der Waals surface area contributed by atoms with E-state index in [9.17, 15) is 0 Å². The van der Waals surface area contributed by atoms with Crippen LogP contribution < -0.4 is 5.73 Å². The van der Waals surface area contributed by atoms with Gasteiger partial charge in [0.25, 0.3) is 0 Å². The molecule has 1 aliphatic heterocycles. The van der Waals surface area contributed by atoms with E-state index in [4.69, 9.17) is 5.73 Å². The average Bonchev–Trinajstić information content (AvgIpc) is 2.78. The second-order valence-corrected chi connectivity index (χ2v) is 6.90. The van der Waals surface area contributed by atoms with Crippen LogP contribution in [-0.2, 0) is 0 Å². The number of hydrogen-bond donors (Lipinski definition) is 1. The summed E-state index contributed by atoms with van der Waals surface area (Å²) in [6.07, 6.45) is 0. The Balaban J connectivity index is 1.93. The summed E-state index contributed by atoms with van der Waals surface area (Å²) in [6.45, 7) is 6.80. The van der Waals surface area contributed by atoms with Crippen LogP contribution in [-0.4, -0.2) is 35.0 Å². The molecule has 0 amide bonds. The minimum absolute atomic E-state index is 0.178. The molecule has 3 unspecified atom stereocenters. The number of thioether (sulfide) groups is 1. The van der Waals surface area contributed by atoms with Gasteiger partial charge in [-0.2, -0.15) is 11.8 Å². The lowest BCUT2D eigenvalue weighted by molar-refractivity contribution is 0.201. The molecular formula is C12H20N2S2. The van der Waals surface area contributed by atoms with Gasteiger partial charge in [0.05, 0.1) is 6.04 Å². The first kappa shape index (κ1) is 12.4. The Labute approximate surface area is 106 Å². The third-order valence-electron chi connectivity index (χ3n) is 3.35. The van der Waals surface area contributed by atoms with Gasteiger partial charge in [-0.3, -0.25) is 4.90 Å². The normalized spacial score (nSPS) is 29.2. The Morgan fingerprint density at radius 2 is 2.38 bits per heavy atom. The fraction of sp³-hybridized carbons (Fsp3) is 0.667. The van der Waals surface area contributed by atoms with Crippen LogP contribution in [0.3, 0.4) is 0 Å². The molecule has 2 rings (SSSR count). The fourth-order valence-corrected chi connectivity index (χ4v) is 3.98. The highest BCUT2D eigenvalue weighted by Crippen LogP contribution is 2.26. The fourth-order valence-electron chi connectivity index (χ4n) is 2.10. The second kappa shape index (κ2) is 5.54. The Bertz CT molecular complexity index is 313. The molecule has 0 aliphatic carbocycles. The number of thiophene rings is 1. The van der Waals surface area contributed by atoms with Crippen molar-refractivity contribution in [1.29, 1.82) is 0 Å². The van der Waals surface area contributed by atoms with Crippen LogP contribution in [0.4, 0.5) is 0 Å². The van der Waals surface area contributed by atoms with Crippen molar-refractivity contribution in [1.82, 2.24) is 4.90 Å². The molecule has 2 nitrogen and oxygen atoms in total. The standard InChI is InChI=1S/C12H20N2S2/c1-9-10(2)15-7-5-14(9)8-11(13)12-4-3-6-16-12/h3-4,6,9-11H,5,7-8,13H2,1-2H3. The molecular weight excluding hydrogens is 236 g/mol. The third-order valence-corrected chi connectivity index (χ3v) is 5.70. The molecule has 0 saturated carbocycles. The molecule has 90 valence electrons. The van der Waals surface area contributed by atoms with Gasteiger partial charge in [-0.25, -0.2) is 0 Å². The molecule has 16 heavy (non-hydrogen) atoms. The topological polar surface area (TPSA) is 29.3 Å². The monoisotopic (exact) mass is 256 g/mol. The van der Waals surface area contributed by atoms with Crippen molar-refractivity contribution in [2.75, 3.05) is 18.8 Å². The molecule has 0 spiro atoms. The largest absolute Gasteiger partial charge is 0.322 e. The number of hydrogen-bond acceptors (Lipinski definition) is 4. The Hall–Kier alpha value is -0.0300. The van der Waals surface area contributed by atoms with E-state index in [2.05, 4.69) is 48.0 Å². The van der Waals surface area contributed by atoms with Gasteiger partial charge in [-0.1, -0.05) is 13.0 Å². The van der Waals surface area contributed by atoms with Crippen LogP contribution >= 0.6 is 23.1 Å². The van der Waals surface area contributed by atoms with Crippen LogP contribution in [0.2, 0.25) is 0 Å². The lowest BCUT2D eigenvalue weighted by Gasteiger charge is -2.38. The highest BCUT2D eigenvalue weighted by Gasteiger charge is 2.26. The zero-order chi connectivity index (χ0) is 11.5. The summed E-state index contributed by atoms with van der Waals surface area (Å²) in [5.74, 6) is 1.24. The first-order valence-electron chi connectivity index (χ1n) is 5.83. The molecule has 1 aliphatic rings. The van der Waals surface area contributed by atoms with Crippen molar-refractivity contribution in [3.8, 4) is 0 Å². The summed E-state index contributed by atoms with van der Waals surface area (Å²) in [4.78, 5) is 3.84. The Kier molecular flexibility index (Phi) is 4.30. The van der Waals surface area contributed by atoms with Gasteiger partial charge < -0.3 is 5.73 Å². The Morgan fingerprint density at radius 3 is 3.06 bits per heavy atom. The van der Waals surface area contributed by atoms with E-state index in [0.717, 1.165) is 11.8 Å².